The van der Waals surface area contributed by atoms with E-state index in [1.165, 1.54) is 6.20 Å². The van der Waals surface area contributed by atoms with Crippen molar-refractivity contribution in [1.82, 2.24) is 9.97 Å². The van der Waals surface area contributed by atoms with Gasteiger partial charge in [-0.1, -0.05) is 0 Å². The minimum atomic E-state index is -3.55. The maximum atomic E-state index is 10.6. The Labute approximate surface area is 91.6 Å². The van der Waals surface area contributed by atoms with E-state index in [-0.39, 0.29) is 23.8 Å². The first kappa shape index (κ1) is 12.3. The van der Waals surface area contributed by atoms with Crippen molar-refractivity contribution >= 4 is 21.8 Å². The molecule has 0 aliphatic heterocycles. The molecule has 1 aromatic heterocycles. The Bertz CT molecular complexity index is 487. The number of sulfonamides is 1. The first-order valence-electron chi connectivity index (χ1n) is 4.18. The van der Waals surface area contributed by atoms with Crippen molar-refractivity contribution < 1.29 is 18.3 Å². The predicted octanol–water partition coefficient (Wildman–Crippen LogP) is -1.12. The zero-order valence-electron chi connectivity index (χ0n) is 8.12. The lowest BCUT2D eigenvalue weighted by Gasteiger charge is -2.04. The third kappa shape index (κ3) is 4.19. The third-order valence-corrected chi connectivity index (χ3v) is 2.32. The van der Waals surface area contributed by atoms with Crippen molar-refractivity contribution in [3.63, 3.8) is 0 Å². The Morgan fingerprint density at radius 3 is 2.75 bits per heavy atom. The van der Waals surface area contributed by atoms with Crippen LogP contribution in [0.25, 0.3) is 0 Å². The largest absolute Gasteiger partial charge is 0.476 e. The monoisotopic (exact) mass is 246 g/mol. The van der Waals surface area contributed by atoms with E-state index in [9.17, 15) is 13.2 Å². The molecular weight excluding hydrogens is 236 g/mol. The lowest BCUT2D eigenvalue weighted by molar-refractivity contribution is 0.0690. The summed E-state index contributed by atoms with van der Waals surface area (Å²) in [6, 6.07) is 0. The lowest BCUT2D eigenvalue weighted by Crippen LogP contribution is -2.22. The summed E-state index contributed by atoms with van der Waals surface area (Å²) in [4.78, 5) is 17.9. The molecule has 0 fully saturated rings. The second-order valence-corrected chi connectivity index (χ2v) is 4.62. The molecule has 0 atom stereocenters. The quantitative estimate of drug-likeness (QED) is 0.598. The van der Waals surface area contributed by atoms with Gasteiger partial charge in [0.25, 0.3) is 0 Å². The van der Waals surface area contributed by atoms with Crippen LogP contribution in [0.4, 0.5) is 5.82 Å². The number of primary sulfonamides is 1. The highest BCUT2D eigenvalue weighted by Crippen LogP contribution is 2.01. The zero-order valence-corrected chi connectivity index (χ0v) is 8.94. The lowest BCUT2D eigenvalue weighted by atomic mass is 10.4. The van der Waals surface area contributed by atoms with Gasteiger partial charge in [0.1, 0.15) is 5.82 Å². The number of aromatic carboxylic acids is 1. The van der Waals surface area contributed by atoms with Crippen LogP contribution in [0.3, 0.4) is 0 Å². The molecule has 1 aromatic rings. The van der Waals surface area contributed by atoms with Gasteiger partial charge in [0.05, 0.1) is 18.1 Å². The molecule has 16 heavy (non-hydrogen) atoms. The van der Waals surface area contributed by atoms with E-state index in [1.54, 1.807) is 0 Å². The molecule has 9 heteroatoms. The summed E-state index contributed by atoms with van der Waals surface area (Å²) in [5.41, 5.74) is -0.222. The first-order chi connectivity index (χ1) is 7.38. The molecule has 88 valence electrons. The summed E-state index contributed by atoms with van der Waals surface area (Å²) in [7, 11) is -3.55. The van der Waals surface area contributed by atoms with Crippen LogP contribution in [-0.4, -0.2) is 41.8 Å². The molecule has 8 nitrogen and oxygen atoms in total. The van der Waals surface area contributed by atoms with Gasteiger partial charge in [0, 0.05) is 6.54 Å². The number of rotatable bonds is 5. The molecule has 0 spiro atoms. The van der Waals surface area contributed by atoms with E-state index in [4.69, 9.17) is 10.2 Å². The highest BCUT2D eigenvalue weighted by atomic mass is 32.2. The van der Waals surface area contributed by atoms with Crippen molar-refractivity contribution in [3.8, 4) is 0 Å². The number of nitrogens with zero attached hydrogens (tertiary/aromatic N) is 2. The first-order valence-corrected chi connectivity index (χ1v) is 5.90. The number of hydrogen-bond acceptors (Lipinski definition) is 6. The van der Waals surface area contributed by atoms with E-state index in [2.05, 4.69) is 15.3 Å². The Kier molecular flexibility index (Phi) is 3.74. The van der Waals surface area contributed by atoms with Crippen LogP contribution < -0.4 is 10.5 Å². The Hall–Kier alpha value is -1.74. The summed E-state index contributed by atoms with van der Waals surface area (Å²) in [6.45, 7) is 0.0383. The number of nitrogens with one attached hydrogen (secondary N) is 1. The minimum Gasteiger partial charge on any atom is -0.476 e. The summed E-state index contributed by atoms with van der Waals surface area (Å²) in [5.74, 6) is -1.29. The fourth-order valence-electron chi connectivity index (χ4n) is 0.876. The van der Waals surface area contributed by atoms with Gasteiger partial charge < -0.3 is 10.4 Å². The van der Waals surface area contributed by atoms with Crippen LogP contribution in [0, 0.1) is 0 Å². The topological polar surface area (TPSA) is 135 Å². The van der Waals surface area contributed by atoms with E-state index in [0.29, 0.717) is 0 Å². The number of nitrogens with two attached hydrogens (primary N) is 1. The molecule has 1 rings (SSSR count). The fraction of sp³-hybridized carbons (Fsp3) is 0.286. The van der Waals surface area contributed by atoms with Gasteiger partial charge in [-0.25, -0.2) is 23.3 Å². The summed E-state index contributed by atoms with van der Waals surface area (Å²) in [5, 5.41) is 16.0. The normalized spacial score (nSPS) is 11.1. The molecule has 0 aliphatic rings. The Morgan fingerprint density at radius 2 is 2.19 bits per heavy atom. The number of carboxylic acids is 1. The molecule has 0 amide bonds. The van der Waals surface area contributed by atoms with Crippen molar-refractivity contribution in [2.24, 2.45) is 5.14 Å². The number of carbonyl (C=O) groups is 1. The van der Waals surface area contributed by atoms with E-state index in [1.807, 2.05) is 0 Å². The highest BCUT2D eigenvalue weighted by molar-refractivity contribution is 7.89. The second kappa shape index (κ2) is 4.86. The number of aromatic nitrogens is 2. The number of hydrogen-bond donors (Lipinski definition) is 3. The molecule has 4 N–H and O–H groups in total. The Morgan fingerprint density at radius 1 is 1.50 bits per heavy atom. The van der Waals surface area contributed by atoms with Crippen LogP contribution in [0.15, 0.2) is 12.4 Å². The SMILES string of the molecule is NS(=O)(=O)CCNc1cncc(C(=O)O)n1. The van der Waals surface area contributed by atoms with Crippen molar-refractivity contribution in [1.29, 1.82) is 0 Å². The molecule has 0 radical (unpaired) electrons. The van der Waals surface area contributed by atoms with Crippen LogP contribution in [-0.2, 0) is 10.0 Å². The molecule has 0 aromatic carbocycles. The van der Waals surface area contributed by atoms with Crippen LogP contribution >= 0.6 is 0 Å². The van der Waals surface area contributed by atoms with E-state index >= 15 is 0 Å². The van der Waals surface area contributed by atoms with Crippen molar-refractivity contribution in [2.75, 3.05) is 17.6 Å². The fourth-order valence-corrected chi connectivity index (χ4v) is 1.26. The molecule has 0 saturated carbocycles. The van der Waals surface area contributed by atoms with Gasteiger partial charge in [-0.3, -0.25) is 4.98 Å². The van der Waals surface area contributed by atoms with Gasteiger partial charge in [-0.2, -0.15) is 0 Å². The summed E-state index contributed by atoms with van der Waals surface area (Å²) >= 11 is 0. The standard InChI is InChI=1S/C7H10N4O4S/c8-16(14,15)2-1-10-6-4-9-3-5(11-6)7(12)13/h3-4H,1-2H2,(H,10,11)(H,12,13)(H2,8,14,15). The summed E-state index contributed by atoms with van der Waals surface area (Å²) in [6.07, 6.45) is 2.38. The van der Waals surface area contributed by atoms with Gasteiger partial charge in [-0.15, -0.1) is 0 Å². The smallest absolute Gasteiger partial charge is 0.356 e. The number of carboxylic acid groups (broad SMARTS) is 1. The average molecular weight is 246 g/mol. The van der Waals surface area contributed by atoms with Crippen LogP contribution in [0.2, 0.25) is 0 Å². The van der Waals surface area contributed by atoms with Gasteiger partial charge in [-0.05, 0) is 0 Å². The van der Waals surface area contributed by atoms with Crippen LogP contribution in [0.5, 0.6) is 0 Å². The van der Waals surface area contributed by atoms with Gasteiger partial charge in [0.2, 0.25) is 10.0 Å². The zero-order chi connectivity index (χ0) is 12.2. The predicted molar refractivity (Wildman–Crippen MR) is 55.5 cm³/mol. The highest BCUT2D eigenvalue weighted by Gasteiger charge is 2.06. The minimum absolute atomic E-state index is 0.0383. The molecule has 0 aliphatic carbocycles. The average Bonchev–Trinajstić information content (AvgIpc) is 2.16. The molecule has 0 saturated heterocycles. The second-order valence-electron chi connectivity index (χ2n) is 2.89. The molecule has 1 heterocycles. The van der Waals surface area contributed by atoms with E-state index in [0.717, 1.165) is 6.20 Å². The third-order valence-electron chi connectivity index (χ3n) is 1.55. The molecule has 0 bridgehead atoms. The number of anilines is 1. The maximum absolute atomic E-state index is 10.6. The van der Waals surface area contributed by atoms with Crippen molar-refractivity contribution in [3.05, 3.63) is 18.1 Å². The van der Waals surface area contributed by atoms with Crippen molar-refractivity contribution in [2.45, 2.75) is 0 Å². The maximum Gasteiger partial charge on any atom is 0.356 e. The van der Waals surface area contributed by atoms with E-state index < -0.39 is 16.0 Å². The van der Waals surface area contributed by atoms with Gasteiger partial charge in [0.15, 0.2) is 5.69 Å². The molecular formula is C7H10N4O4S. The summed E-state index contributed by atoms with van der Waals surface area (Å²) < 4.78 is 21.2. The van der Waals surface area contributed by atoms with Gasteiger partial charge >= 0.3 is 5.97 Å². The Balaban J connectivity index is 2.61. The molecule has 0 unspecified atom stereocenters. The van der Waals surface area contributed by atoms with Crippen LogP contribution in [0.1, 0.15) is 10.5 Å².